The van der Waals surface area contributed by atoms with Crippen LogP contribution in [0.5, 0.6) is 0 Å². The summed E-state index contributed by atoms with van der Waals surface area (Å²) in [6.07, 6.45) is 2.12. The second-order valence-corrected chi connectivity index (χ2v) is 17.5. The SMILES string of the molecule is CC(C)(C)OC(=O)N1CCCC1c1nc2cc(CN(Cc3ccc(NC(=O)C4CCCN4C(=O)OCC4c5ccccc5-c5ccccc54)cc3)c3ccc(F)cc3)ccc2[nH]1. The number of hydrogen-bond acceptors (Lipinski definition) is 7. The van der Waals surface area contributed by atoms with Crippen LogP contribution in [-0.4, -0.2) is 69.2 Å². The number of carbonyl (C=O) groups excluding carboxylic acids is 3. The lowest BCUT2D eigenvalue weighted by Gasteiger charge is -2.27. The molecule has 12 heteroatoms. The molecule has 0 spiro atoms. The van der Waals surface area contributed by atoms with E-state index in [1.165, 1.54) is 12.1 Å². The van der Waals surface area contributed by atoms with Gasteiger partial charge in [0, 0.05) is 43.5 Å². The van der Waals surface area contributed by atoms with Crippen LogP contribution in [0.1, 0.15) is 86.5 Å². The van der Waals surface area contributed by atoms with E-state index in [4.69, 9.17) is 14.5 Å². The van der Waals surface area contributed by atoms with Gasteiger partial charge in [0.1, 0.15) is 29.9 Å². The summed E-state index contributed by atoms with van der Waals surface area (Å²) >= 11 is 0. The molecule has 0 saturated carbocycles. The Bertz CT molecular complexity index is 2560. The van der Waals surface area contributed by atoms with Crippen LogP contribution in [0.15, 0.2) is 115 Å². The van der Waals surface area contributed by atoms with Crippen molar-refractivity contribution >= 4 is 40.5 Å². The maximum atomic E-state index is 14.1. The van der Waals surface area contributed by atoms with E-state index in [1.54, 1.807) is 21.9 Å². The van der Waals surface area contributed by atoms with Crippen molar-refractivity contribution < 1.29 is 28.2 Å². The van der Waals surface area contributed by atoms with Crippen molar-refractivity contribution in [2.45, 2.75) is 83.1 Å². The maximum Gasteiger partial charge on any atom is 0.410 e. The van der Waals surface area contributed by atoms with Crippen molar-refractivity contribution in [2.75, 3.05) is 29.9 Å². The third-order valence-electron chi connectivity index (χ3n) is 12.0. The van der Waals surface area contributed by atoms with Crippen molar-refractivity contribution in [3.8, 4) is 11.1 Å². The summed E-state index contributed by atoms with van der Waals surface area (Å²) in [5, 5.41) is 3.03. The first-order valence-corrected chi connectivity index (χ1v) is 21.5. The summed E-state index contributed by atoms with van der Waals surface area (Å²) < 4.78 is 25.7. The summed E-state index contributed by atoms with van der Waals surface area (Å²) in [5.74, 6) is 0.111. The number of carbonyl (C=O) groups is 3. The van der Waals surface area contributed by atoms with E-state index in [0.717, 1.165) is 68.8 Å². The van der Waals surface area contributed by atoms with Gasteiger partial charge in [-0.15, -0.1) is 0 Å². The lowest BCUT2D eigenvalue weighted by Crippen LogP contribution is -2.43. The molecular formula is C50H51FN6O5. The quantitative estimate of drug-likeness (QED) is 0.141. The fourth-order valence-electron chi connectivity index (χ4n) is 9.10. The molecular weight excluding hydrogens is 784 g/mol. The number of halogens is 1. The molecule has 1 aromatic heterocycles. The molecule has 2 atom stereocenters. The van der Waals surface area contributed by atoms with Gasteiger partial charge < -0.3 is 24.7 Å². The van der Waals surface area contributed by atoms with E-state index in [9.17, 15) is 18.8 Å². The summed E-state index contributed by atoms with van der Waals surface area (Å²) in [5.41, 5.74) is 9.16. The largest absolute Gasteiger partial charge is 0.448 e. The molecule has 318 valence electrons. The summed E-state index contributed by atoms with van der Waals surface area (Å²) in [7, 11) is 0. The van der Waals surface area contributed by atoms with Crippen molar-refractivity contribution in [1.29, 1.82) is 0 Å². The van der Waals surface area contributed by atoms with Crippen LogP contribution in [0, 0.1) is 5.82 Å². The zero-order valence-electron chi connectivity index (χ0n) is 35.3. The Labute approximate surface area is 360 Å². The van der Waals surface area contributed by atoms with Gasteiger partial charge in [-0.25, -0.2) is 19.0 Å². The zero-order valence-corrected chi connectivity index (χ0v) is 35.3. The van der Waals surface area contributed by atoms with Gasteiger partial charge in [0.15, 0.2) is 0 Å². The van der Waals surface area contributed by atoms with Crippen LogP contribution < -0.4 is 10.2 Å². The van der Waals surface area contributed by atoms with E-state index >= 15 is 0 Å². The molecule has 0 radical (unpaired) electrons. The highest BCUT2D eigenvalue weighted by Gasteiger charge is 2.37. The maximum absolute atomic E-state index is 14.1. The average Bonchev–Trinajstić information content (AvgIpc) is 4.08. The van der Waals surface area contributed by atoms with Gasteiger partial charge in [-0.05, 0) is 128 Å². The number of fused-ring (bicyclic) bond motifs is 4. The average molecular weight is 835 g/mol. The van der Waals surface area contributed by atoms with E-state index in [-0.39, 0.29) is 36.4 Å². The summed E-state index contributed by atoms with van der Waals surface area (Å²) in [6.45, 7) is 7.89. The highest BCUT2D eigenvalue weighted by molar-refractivity contribution is 5.97. The first-order valence-electron chi connectivity index (χ1n) is 21.5. The molecule has 62 heavy (non-hydrogen) atoms. The first kappa shape index (κ1) is 40.7. The minimum atomic E-state index is -0.635. The topological polar surface area (TPSA) is 120 Å². The molecule has 9 rings (SSSR count). The monoisotopic (exact) mass is 834 g/mol. The lowest BCUT2D eigenvalue weighted by atomic mass is 9.98. The molecule has 2 fully saturated rings. The number of anilines is 2. The number of ether oxygens (including phenoxy) is 2. The van der Waals surface area contributed by atoms with Gasteiger partial charge in [-0.1, -0.05) is 66.7 Å². The summed E-state index contributed by atoms with van der Waals surface area (Å²) in [6, 6.07) is 35.8. The predicted octanol–water partition coefficient (Wildman–Crippen LogP) is 10.3. The molecule has 3 heterocycles. The highest BCUT2D eigenvalue weighted by atomic mass is 19.1. The zero-order chi connectivity index (χ0) is 43.0. The number of amides is 3. The van der Waals surface area contributed by atoms with E-state index in [2.05, 4.69) is 45.5 Å². The van der Waals surface area contributed by atoms with Crippen molar-refractivity contribution in [3.63, 3.8) is 0 Å². The van der Waals surface area contributed by atoms with Gasteiger partial charge in [-0.3, -0.25) is 14.6 Å². The number of benzene rings is 5. The Morgan fingerprint density at radius 1 is 0.790 bits per heavy atom. The standard InChI is InChI=1S/C50H51FN6O5/c1-50(2,3)62-49(60)56-26-8-14-44(56)46-53-42-25-18-33(28-43(42)54-46)30-55(36-23-19-34(51)20-24-36)29-32-16-21-35(22-17-32)52-47(58)45-15-9-27-57(45)48(59)61-31-41-39-12-6-4-10-37(39)38-11-5-7-13-40(38)41/h4-7,10-13,16-25,28,41,44-45H,8-9,14-15,26-27,29-31H2,1-3H3,(H,52,58)(H,53,54). The second kappa shape index (κ2) is 17.0. The smallest absolute Gasteiger partial charge is 0.410 e. The van der Waals surface area contributed by atoms with Crippen molar-refractivity contribution in [1.82, 2.24) is 19.8 Å². The summed E-state index contributed by atoms with van der Waals surface area (Å²) in [4.78, 5) is 54.0. The normalized spacial score (nSPS) is 17.2. The fourth-order valence-corrected chi connectivity index (χ4v) is 9.10. The molecule has 3 amide bonds. The van der Waals surface area contributed by atoms with Crippen LogP contribution in [0.3, 0.4) is 0 Å². The van der Waals surface area contributed by atoms with Crippen LogP contribution >= 0.6 is 0 Å². The Morgan fingerprint density at radius 3 is 2.15 bits per heavy atom. The molecule has 5 aromatic carbocycles. The number of aromatic nitrogens is 2. The lowest BCUT2D eigenvalue weighted by molar-refractivity contribution is -0.120. The minimum Gasteiger partial charge on any atom is -0.448 e. The molecule has 2 N–H and O–H groups in total. The molecule has 0 bridgehead atoms. The number of rotatable bonds is 10. The van der Waals surface area contributed by atoms with Crippen molar-refractivity contribution in [3.05, 3.63) is 149 Å². The Hall–Kier alpha value is -6.69. The number of nitrogens with one attached hydrogen (secondary N) is 2. The Kier molecular flexibility index (Phi) is 11.2. The van der Waals surface area contributed by atoms with Crippen molar-refractivity contribution in [2.24, 2.45) is 0 Å². The minimum absolute atomic E-state index is 0.0615. The van der Waals surface area contributed by atoms with Crippen LogP contribution in [0.4, 0.5) is 25.4 Å². The molecule has 2 unspecified atom stereocenters. The van der Waals surface area contributed by atoms with Gasteiger partial charge >= 0.3 is 12.2 Å². The number of hydrogen-bond donors (Lipinski definition) is 2. The molecule has 11 nitrogen and oxygen atoms in total. The van der Waals surface area contributed by atoms with Gasteiger partial charge in [0.2, 0.25) is 5.91 Å². The van der Waals surface area contributed by atoms with E-state index in [0.29, 0.717) is 44.7 Å². The first-order chi connectivity index (χ1) is 30.0. The van der Waals surface area contributed by atoms with E-state index in [1.807, 2.05) is 81.4 Å². The van der Waals surface area contributed by atoms with Gasteiger partial charge in [-0.2, -0.15) is 0 Å². The Morgan fingerprint density at radius 2 is 1.44 bits per heavy atom. The van der Waals surface area contributed by atoms with Crippen LogP contribution in [0.25, 0.3) is 22.2 Å². The van der Waals surface area contributed by atoms with Crippen LogP contribution in [0.2, 0.25) is 0 Å². The fraction of sp³-hybridized carbons (Fsp3) is 0.320. The molecule has 2 aliphatic heterocycles. The van der Waals surface area contributed by atoms with E-state index < -0.39 is 17.7 Å². The number of likely N-dealkylation sites (tertiary alicyclic amines) is 2. The number of H-pyrrole nitrogens is 1. The second-order valence-electron chi connectivity index (χ2n) is 17.5. The highest BCUT2D eigenvalue weighted by Crippen LogP contribution is 2.44. The molecule has 3 aliphatic rings. The Balaban J connectivity index is 0.845. The van der Waals surface area contributed by atoms with Gasteiger partial charge in [0.05, 0.1) is 17.1 Å². The number of nitrogens with zero attached hydrogens (tertiary/aromatic N) is 4. The number of aromatic amines is 1. The number of imidazole rings is 1. The predicted molar refractivity (Wildman–Crippen MR) is 237 cm³/mol. The molecule has 6 aromatic rings. The molecule has 1 aliphatic carbocycles. The van der Waals surface area contributed by atoms with Crippen LogP contribution in [-0.2, 0) is 27.4 Å². The third-order valence-corrected chi connectivity index (χ3v) is 12.0. The molecule has 2 saturated heterocycles. The third kappa shape index (κ3) is 8.59. The van der Waals surface area contributed by atoms with Gasteiger partial charge in [0.25, 0.3) is 0 Å².